The first-order valence-corrected chi connectivity index (χ1v) is 17.9. The molecule has 0 radical (unpaired) electrons. The van der Waals surface area contributed by atoms with Crippen LogP contribution in [-0.2, 0) is 19.1 Å². The number of carboxylic acid groups (broad SMARTS) is 1. The molecule has 1 aromatic heterocycles. The Hall–Kier alpha value is -4.75. The molecule has 3 aliphatic rings. The Labute approximate surface area is 293 Å². The van der Waals surface area contributed by atoms with Gasteiger partial charge < -0.3 is 34.8 Å². The Morgan fingerprint density at radius 1 is 0.900 bits per heavy atom. The van der Waals surface area contributed by atoms with Crippen molar-refractivity contribution >= 4 is 35.6 Å². The van der Waals surface area contributed by atoms with Crippen molar-refractivity contribution in [2.24, 2.45) is 5.92 Å². The first-order chi connectivity index (χ1) is 24.2. The lowest BCUT2D eigenvalue weighted by Crippen LogP contribution is -2.56. The van der Waals surface area contributed by atoms with Crippen LogP contribution in [0.4, 0.5) is 10.6 Å². The maximum Gasteiger partial charge on any atom is 0.409 e. The van der Waals surface area contributed by atoms with E-state index in [9.17, 15) is 29.1 Å². The molecule has 1 aromatic carbocycles. The zero-order valence-electron chi connectivity index (χ0n) is 28.9. The summed E-state index contributed by atoms with van der Waals surface area (Å²) in [4.78, 5) is 80.5. The summed E-state index contributed by atoms with van der Waals surface area (Å²) in [5, 5.41) is 12.2. The monoisotopic (exact) mass is 691 g/mol. The third-order valence-corrected chi connectivity index (χ3v) is 9.66. The summed E-state index contributed by atoms with van der Waals surface area (Å²) >= 11 is 0. The highest BCUT2D eigenvalue weighted by atomic mass is 16.6. The zero-order valence-corrected chi connectivity index (χ0v) is 28.9. The van der Waals surface area contributed by atoms with Crippen molar-refractivity contribution in [1.82, 2.24) is 30.0 Å². The molecule has 0 saturated carbocycles. The molecule has 4 heterocycles. The zero-order chi connectivity index (χ0) is 35.5. The Kier molecular flexibility index (Phi) is 13.0. The number of rotatable bonds is 14. The molecule has 1 atom stereocenters. The standard InChI is InChI=1S/C36H49N7O7/c1-2-3-7-23-50-36(49)43-21-19-42(20-22-43)35(48)28(11-12-32(45)46)38-34(47)29-25-30(39-33(37-29)27-9-5-4-6-10-27)40-17-13-26(14-18-40)24-31(44)41-15-8-16-41/h4-6,9-10,25-26,28H,2-3,7-8,11-24H2,1H3,(H,38,47)(H,45,46)/t28-/m0/s1. The summed E-state index contributed by atoms with van der Waals surface area (Å²) < 4.78 is 5.35. The van der Waals surface area contributed by atoms with Crippen molar-refractivity contribution in [3.8, 4) is 11.4 Å². The number of aromatic nitrogens is 2. The van der Waals surface area contributed by atoms with Gasteiger partial charge in [-0.1, -0.05) is 50.1 Å². The highest BCUT2D eigenvalue weighted by molar-refractivity contribution is 5.97. The molecule has 4 amide bonds. The van der Waals surface area contributed by atoms with Crippen molar-refractivity contribution in [1.29, 1.82) is 0 Å². The fourth-order valence-electron chi connectivity index (χ4n) is 6.43. The number of hydrogen-bond acceptors (Lipinski definition) is 9. The number of benzene rings is 1. The maximum atomic E-state index is 13.8. The fourth-order valence-corrected chi connectivity index (χ4v) is 6.43. The molecule has 0 unspecified atom stereocenters. The number of carboxylic acids is 1. The minimum atomic E-state index is -1.11. The van der Waals surface area contributed by atoms with E-state index in [1.54, 1.807) is 15.9 Å². The second kappa shape index (κ2) is 17.8. The van der Waals surface area contributed by atoms with Crippen LogP contribution in [0, 0.1) is 5.92 Å². The van der Waals surface area contributed by atoms with E-state index in [1.807, 2.05) is 35.2 Å². The number of aliphatic carboxylic acids is 1. The number of nitrogens with zero attached hydrogens (tertiary/aromatic N) is 6. The van der Waals surface area contributed by atoms with Crippen LogP contribution in [0.2, 0.25) is 0 Å². The molecule has 3 aliphatic heterocycles. The van der Waals surface area contributed by atoms with E-state index >= 15 is 0 Å². The quantitative estimate of drug-likeness (QED) is 0.281. The highest BCUT2D eigenvalue weighted by Gasteiger charge is 2.32. The number of hydrogen-bond donors (Lipinski definition) is 2. The largest absolute Gasteiger partial charge is 0.481 e. The molecule has 3 saturated heterocycles. The van der Waals surface area contributed by atoms with E-state index in [1.165, 1.54) is 0 Å². The normalized spacial score (nSPS) is 17.1. The van der Waals surface area contributed by atoms with Crippen LogP contribution >= 0.6 is 0 Å². The molecule has 0 aliphatic carbocycles. The number of carbonyl (C=O) groups is 5. The van der Waals surface area contributed by atoms with Crippen LogP contribution in [0.15, 0.2) is 36.4 Å². The Morgan fingerprint density at radius 3 is 2.24 bits per heavy atom. The predicted octanol–water partition coefficient (Wildman–Crippen LogP) is 3.42. The van der Waals surface area contributed by atoms with Gasteiger partial charge in [0.25, 0.3) is 5.91 Å². The van der Waals surface area contributed by atoms with Gasteiger partial charge in [-0.2, -0.15) is 0 Å². The smallest absolute Gasteiger partial charge is 0.409 e. The molecular formula is C36H49N7O7. The molecule has 5 rings (SSSR count). The van der Waals surface area contributed by atoms with Crippen molar-refractivity contribution in [2.75, 3.05) is 63.9 Å². The summed E-state index contributed by atoms with van der Waals surface area (Å²) in [6.07, 6.45) is 5.21. The van der Waals surface area contributed by atoms with Crippen LogP contribution in [0.1, 0.15) is 75.2 Å². The van der Waals surface area contributed by atoms with Crippen molar-refractivity contribution in [3.63, 3.8) is 0 Å². The predicted molar refractivity (Wildman–Crippen MR) is 185 cm³/mol. The van der Waals surface area contributed by atoms with E-state index in [0.29, 0.717) is 37.8 Å². The molecule has 270 valence electrons. The SMILES string of the molecule is CCCCCOC(=O)N1CCN(C(=O)[C@H](CCC(=O)O)NC(=O)c2cc(N3CCC(CC(=O)N4CCC4)CC3)nc(-c3ccccc3)n2)CC1. The van der Waals surface area contributed by atoms with Crippen LogP contribution in [0.3, 0.4) is 0 Å². The molecule has 14 nitrogen and oxygen atoms in total. The molecule has 2 N–H and O–H groups in total. The number of piperidine rings is 1. The number of likely N-dealkylation sites (tertiary alicyclic amines) is 1. The summed E-state index contributed by atoms with van der Waals surface area (Å²) in [5.74, 6) is -0.676. The van der Waals surface area contributed by atoms with Gasteiger partial charge in [0.05, 0.1) is 6.61 Å². The van der Waals surface area contributed by atoms with Gasteiger partial charge in [0.2, 0.25) is 11.8 Å². The van der Waals surface area contributed by atoms with Crippen molar-refractivity contribution < 1.29 is 33.8 Å². The molecular weight excluding hydrogens is 642 g/mol. The number of carbonyl (C=O) groups excluding carboxylic acids is 4. The van der Waals surface area contributed by atoms with Gasteiger partial charge in [0, 0.05) is 76.8 Å². The fraction of sp³-hybridized carbons (Fsp3) is 0.583. The average molecular weight is 692 g/mol. The summed E-state index contributed by atoms with van der Waals surface area (Å²) in [5.41, 5.74) is 0.784. The van der Waals surface area contributed by atoms with Crippen LogP contribution < -0.4 is 10.2 Å². The van der Waals surface area contributed by atoms with Crippen molar-refractivity contribution in [3.05, 3.63) is 42.1 Å². The average Bonchev–Trinajstić information content (AvgIpc) is 3.11. The molecule has 2 aromatic rings. The first-order valence-electron chi connectivity index (χ1n) is 17.9. The topological polar surface area (TPSA) is 166 Å². The number of ether oxygens (including phenoxy) is 1. The number of piperazine rings is 1. The van der Waals surface area contributed by atoms with E-state index < -0.39 is 29.9 Å². The lowest BCUT2D eigenvalue weighted by Gasteiger charge is -2.36. The van der Waals surface area contributed by atoms with Gasteiger partial charge in [-0.15, -0.1) is 0 Å². The summed E-state index contributed by atoms with van der Waals surface area (Å²) in [7, 11) is 0. The van der Waals surface area contributed by atoms with Gasteiger partial charge in [-0.25, -0.2) is 14.8 Å². The highest BCUT2D eigenvalue weighted by Crippen LogP contribution is 2.28. The van der Waals surface area contributed by atoms with Crippen molar-refractivity contribution in [2.45, 2.75) is 70.8 Å². The van der Waals surface area contributed by atoms with Gasteiger partial charge in [0.1, 0.15) is 17.6 Å². The minimum Gasteiger partial charge on any atom is -0.481 e. The number of nitrogens with one attached hydrogen (secondary N) is 1. The third kappa shape index (κ3) is 9.91. The van der Waals surface area contributed by atoms with E-state index in [2.05, 4.69) is 22.1 Å². The molecule has 14 heteroatoms. The number of amides is 4. The number of unbranched alkanes of at least 4 members (excludes halogenated alkanes) is 2. The second-order valence-corrected chi connectivity index (χ2v) is 13.3. The molecule has 50 heavy (non-hydrogen) atoms. The van der Waals surface area contributed by atoms with Gasteiger partial charge >= 0.3 is 12.1 Å². The van der Waals surface area contributed by atoms with Gasteiger partial charge in [-0.05, 0) is 38.0 Å². The van der Waals surface area contributed by atoms with Crippen LogP contribution in [0.5, 0.6) is 0 Å². The molecule has 0 bridgehead atoms. The van der Waals surface area contributed by atoms with Crippen LogP contribution in [0.25, 0.3) is 11.4 Å². The lowest BCUT2D eigenvalue weighted by molar-refractivity contribution is -0.138. The first kappa shape index (κ1) is 36.5. The van der Waals surface area contributed by atoms with E-state index in [4.69, 9.17) is 9.72 Å². The Balaban J connectivity index is 1.26. The lowest BCUT2D eigenvalue weighted by atomic mass is 9.92. The Morgan fingerprint density at radius 2 is 1.60 bits per heavy atom. The van der Waals surface area contributed by atoms with Gasteiger partial charge in [0.15, 0.2) is 5.82 Å². The third-order valence-electron chi connectivity index (χ3n) is 9.66. The maximum absolute atomic E-state index is 13.8. The number of anilines is 1. The van der Waals surface area contributed by atoms with Crippen LogP contribution in [-0.4, -0.2) is 125 Å². The Bertz CT molecular complexity index is 1490. The molecule has 3 fully saturated rings. The molecule has 0 spiro atoms. The summed E-state index contributed by atoms with van der Waals surface area (Å²) in [6, 6.07) is 9.81. The second-order valence-electron chi connectivity index (χ2n) is 13.3. The van der Waals surface area contributed by atoms with Gasteiger partial charge in [-0.3, -0.25) is 19.2 Å². The minimum absolute atomic E-state index is 0.0627. The van der Waals surface area contributed by atoms with E-state index in [-0.39, 0.29) is 56.5 Å². The van der Waals surface area contributed by atoms with E-state index in [0.717, 1.165) is 57.2 Å². The summed E-state index contributed by atoms with van der Waals surface area (Å²) in [6.45, 7) is 6.47.